The van der Waals surface area contributed by atoms with Gasteiger partial charge in [-0.25, -0.2) is 9.18 Å². The molecule has 5 unspecified atom stereocenters. The first-order chi connectivity index (χ1) is 13.5. The van der Waals surface area contributed by atoms with Crippen LogP contribution in [-0.2, 0) is 33.3 Å². The summed E-state index contributed by atoms with van der Waals surface area (Å²) >= 11 is 0. The molecule has 0 radical (unpaired) electrons. The highest BCUT2D eigenvalue weighted by atomic mass is 19.2. The normalized spacial score (nSPS) is 31.0. The monoisotopic (exact) mass is 424 g/mol. The average Bonchev–Trinajstić information content (AvgIpc) is 2.64. The van der Waals surface area contributed by atoms with E-state index in [9.17, 15) is 23.9 Å². The van der Waals surface area contributed by atoms with Crippen LogP contribution in [0.15, 0.2) is 5.11 Å². The third-order valence-corrected chi connectivity index (χ3v) is 3.96. The summed E-state index contributed by atoms with van der Waals surface area (Å²) in [5.74, 6) is -7.42. The van der Waals surface area contributed by atoms with Crippen molar-refractivity contribution in [2.45, 2.75) is 63.2 Å². The van der Waals surface area contributed by atoms with Crippen LogP contribution in [0.2, 0.25) is 0 Å². The van der Waals surface area contributed by atoms with Crippen LogP contribution in [-0.4, -0.2) is 78.7 Å². The van der Waals surface area contributed by atoms with Crippen molar-refractivity contribution in [3.63, 3.8) is 0 Å². The Hall–Kier alpha value is -2.54. The molecule has 14 heteroatoms. The van der Waals surface area contributed by atoms with E-state index >= 15 is 4.39 Å². The van der Waals surface area contributed by atoms with E-state index in [1.165, 1.54) is 6.92 Å². The molecule has 1 aliphatic heterocycles. The van der Waals surface area contributed by atoms with Gasteiger partial charge in [0.1, 0.15) is 6.10 Å². The Morgan fingerprint density at radius 1 is 1.34 bits per heavy atom. The molecular weight excluding hydrogens is 402 g/mol. The van der Waals surface area contributed by atoms with Gasteiger partial charge in [-0.1, -0.05) is 5.11 Å². The number of halogens is 2. The van der Waals surface area contributed by atoms with Crippen molar-refractivity contribution in [2.24, 2.45) is 10.8 Å². The second-order valence-corrected chi connectivity index (χ2v) is 6.03. The average molecular weight is 424 g/mol. The molecule has 0 aromatic carbocycles. The zero-order valence-corrected chi connectivity index (χ0v) is 15.9. The van der Waals surface area contributed by atoms with Gasteiger partial charge in [0.25, 0.3) is 0 Å². The lowest BCUT2D eigenvalue weighted by Gasteiger charge is -2.45. The second-order valence-electron chi connectivity index (χ2n) is 6.03. The molecule has 1 saturated heterocycles. The zero-order chi connectivity index (χ0) is 22.4. The van der Waals surface area contributed by atoms with E-state index in [4.69, 9.17) is 25.5 Å². The number of carbonyl (C=O) groups excluding carboxylic acids is 3. The van der Waals surface area contributed by atoms with Gasteiger partial charge in [0.15, 0.2) is 18.4 Å². The Bertz CT molecular complexity index is 677. The molecule has 0 bridgehead atoms. The molecule has 1 rings (SSSR count). The van der Waals surface area contributed by atoms with E-state index in [1.54, 1.807) is 0 Å². The summed E-state index contributed by atoms with van der Waals surface area (Å²) < 4.78 is 49.1. The molecule has 0 spiro atoms. The highest BCUT2D eigenvalue weighted by Gasteiger charge is 2.63. The van der Waals surface area contributed by atoms with Gasteiger partial charge in [-0.15, -0.1) is 0 Å². The SMILES string of the molecule is CCOC(=O)C1(F)OC([C@H](OC(C)=O)[C@@H](CO)OC(C)=O)C(N)C(N=[N+]=[N-])C1F. The molecule has 164 valence electrons. The first kappa shape index (κ1) is 24.5. The highest BCUT2D eigenvalue weighted by molar-refractivity contribution is 5.79. The smallest absolute Gasteiger partial charge is 0.375 e. The van der Waals surface area contributed by atoms with Crippen LogP contribution in [0.25, 0.3) is 10.4 Å². The number of aliphatic hydroxyl groups is 1. The Morgan fingerprint density at radius 3 is 2.38 bits per heavy atom. The maximum absolute atomic E-state index is 15.2. The van der Waals surface area contributed by atoms with Crippen LogP contribution in [0.3, 0.4) is 0 Å². The minimum atomic E-state index is -3.77. The molecule has 1 heterocycles. The minimum Gasteiger partial charge on any atom is -0.462 e. The van der Waals surface area contributed by atoms with Crippen LogP contribution in [0, 0.1) is 0 Å². The number of nitrogens with two attached hydrogens (primary N) is 1. The van der Waals surface area contributed by atoms with Crippen LogP contribution < -0.4 is 5.73 Å². The second kappa shape index (κ2) is 10.3. The third kappa shape index (κ3) is 5.50. The molecule has 3 N–H and O–H groups in total. The largest absolute Gasteiger partial charge is 0.462 e. The van der Waals surface area contributed by atoms with Crippen LogP contribution >= 0.6 is 0 Å². The van der Waals surface area contributed by atoms with Crippen molar-refractivity contribution in [3.05, 3.63) is 10.4 Å². The van der Waals surface area contributed by atoms with Gasteiger partial charge in [0, 0.05) is 24.8 Å². The van der Waals surface area contributed by atoms with E-state index in [0.717, 1.165) is 13.8 Å². The molecule has 12 nitrogen and oxygen atoms in total. The molecule has 0 aliphatic carbocycles. The van der Waals surface area contributed by atoms with E-state index in [-0.39, 0.29) is 6.61 Å². The van der Waals surface area contributed by atoms with Crippen molar-refractivity contribution in [3.8, 4) is 0 Å². The number of rotatable bonds is 8. The van der Waals surface area contributed by atoms with E-state index < -0.39 is 66.9 Å². The van der Waals surface area contributed by atoms with Crippen molar-refractivity contribution < 1.29 is 47.2 Å². The topological polar surface area (TPSA) is 183 Å². The van der Waals surface area contributed by atoms with Crippen molar-refractivity contribution >= 4 is 17.9 Å². The van der Waals surface area contributed by atoms with Gasteiger partial charge in [-0.3, -0.25) is 9.59 Å². The number of hydrogen-bond donors (Lipinski definition) is 2. The summed E-state index contributed by atoms with van der Waals surface area (Å²) in [6, 6.07) is -3.64. The standard InChI is InChI=1S/C15H22F2N4O8/c1-4-26-14(25)15(17)13(16)10(20-21-19)9(18)12(29-15)11(28-7(3)24)8(5-22)27-6(2)23/h8-13,22H,4-5,18H2,1-3H3/t8-,9?,10?,11-,12?,13?,15?/m1/s1. The maximum atomic E-state index is 15.2. The number of alkyl halides is 2. The molecule has 1 aliphatic rings. The van der Waals surface area contributed by atoms with Crippen LogP contribution in [0.1, 0.15) is 20.8 Å². The maximum Gasteiger partial charge on any atom is 0.375 e. The molecule has 1 fully saturated rings. The highest BCUT2D eigenvalue weighted by Crippen LogP contribution is 2.38. The predicted molar refractivity (Wildman–Crippen MR) is 89.3 cm³/mol. The number of carbonyl (C=O) groups is 3. The number of aliphatic hydroxyl groups excluding tert-OH is 1. The first-order valence-corrected chi connectivity index (χ1v) is 8.46. The van der Waals surface area contributed by atoms with Gasteiger partial charge < -0.3 is 29.8 Å². The molecule has 0 amide bonds. The fourth-order valence-electron chi connectivity index (χ4n) is 2.79. The summed E-state index contributed by atoms with van der Waals surface area (Å²) in [6.07, 6.45) is -8.11. The van der Waals surface area contributed by atoms with Crippen LogP contribution in [0.5, 0.6) is 0 Å². The molecular formula is C15H22F2N4O8. The van der Waals surface area contributed by atoms with Gasteiger partial charge in [0.2, 0.25) is 0 Å². The van der Waals surface area contributed by atoms with E-state index in [0.29, 0.717) is 0 Å². The zero-order valence-electron chi connectivity index (χ0n) is 15.9. The summed E-state index contributed by atoms with van der Waals surface area (Å²) in [4.78, 5) is 37.2. The van der Waals surface area contributed by atoms with Crippen molar-refractivity contribution in [2.75, 3.05) is 13.2 Å². The predicted octanol–water partition coefficient (Wildman–Crippen LogP) is -0.186. The number of azide groups is 1. The Balaban J connectivity index is 3.47. The summed E-state index contributed by atoms with van der Waals surface area (Å²) in [7, 11) is 0. The number of hydrogen-bond acceptors (Lipinski definition) is 10. The lowest BCUT2D eigenvalue weighted by molar-refractivity contribution is -0.279. The first-order valence-electron chi connectivity index (χ1n) is 8.46. The number of ether oxygens (including phenoxy) is 4. The molecule has 0 aromatic heterocycles. The summed E-state index contributed by atoms with van der Waals surface area (Å²) in [5, 5.41) is 12.6. The Labute approximate surface area is 163 Å². The van der Waals surface area contributed by atoms with Crippen molar-refractivity contribution in [1.29, 1.82) is 0 Å². The Morgan fingerprint density at radius 2 is 1.93 bits per heavy atom. The van der Waals surface area contributed by atoms with E-state index in [1.807, 2.05) is 0 Å². The Kier molecular flexibility index (Phi) is 8.70. The lowest BCUT2D eigenvalue weighted by Crippen LogP contribution is -2.70. The minimum absolute atomic E-state index is 0.330. The van der Waals surface area contributed by atoms with Gasteiger partial charge in [-0.05, 0) is 12.5 Å². The molecule has 0 saturated carbocycles. The number of esters is 3. The van der Waals surface area contributed by atoms with Gasteiger partial charge >= 0.3 is 23.8 Å². The fraction of sp³-hybridized carbons (Fsp3) is 0.800. The summed E-state index contributed by atoms with van der Waals surface area (Å²) in [5.41, 5.74) is 14.5. The number of nitrogens with zero attached hydrogens (tertiary/aromatic N) is 3. The van der Waals surface area contributed by atoms with Gasteiger partial charge in [0.05, 0.1) is 19.3 Å². The molecule has 0 aromatic rings. The third-order valence-electron chi connectivity index (χ3n) is 3.96. The van der Waals surface area contributed by atoms with E-state index in [2.05, 4.69) is 14.8 Å². The van der Waals surface area contributed by atoms with Crippen molar-refractivity contribution in [1.82, 2.24) is 0 Å². The summed E-state index contributed by atoms with van der Waals surface area (Å²) in [6.45, 7) is 2.00. The lowest BCUT2D eigenvalue weighted by atomic mass is 9.87. The fourth-order valence-corrected chi connectivity index (χ4v) is 2.79. The van der Waals surface area contributed by atoms with Gasteiger partial charge in [-0.2, -0.15) is 4.39 Å². The molecule has 7 atom stereocenters. The molecule has 29 heavy (non-hydrogen) atoms. The van der Waals surface area contributed by atoms with Crippen LogP contribution in [0.4, 0.5) is 8.78 Å². The quantitative estimate of drug-likeness (QED) is 0.175.